The predicted molar refractivity (Wildman–Crippen MR) is 263 cm³/mol. The highest BCUT2D eigenvalue weighted by atomic mass is 19.4. The van der Waals surface area contributed by atoms with Gasteiger partial charge in [0.25, 0.3) is 0 Å². The molecule has 8 aromatic carbocycles. The molecule has 0 aliphatic rings. The highest BCUT2D eigenvalue weighted by molar-refractivity contribution is 6.12. The molecule has 0 atom stereocenters. The lowest BCUT2D eigenvalue weighted by atomic mass is 9.97. The molecule has 12 rings (SSSR count). The Balaban J connectivity index is 1.14. The van der Waals surface area contributed by atoms with Crippen molar-refractivity contribution in [2.75, 3.05) is 0 Å². The van der Waals surface area contributed by atoms with E-state index in [1.54, 1.807) is 39.7 Å². The Kier molecular flexibility index (Phi) is 9.62. The molecule has 4 heterocycles. The molecule has 326 valence electrons. The number of nitrogens with zero attached hydrogens (tertiary/aromatic N) is 4. The van der Waals surface area contributed by atoms with Crippen molar-refractivity contribution in [1.82, 2.24) is 19.1 Å². The fourth-order valence-electron chi connectivity index (χ4n) is 9.70. The number of hydrogen-bond donors (Lipinski definition) is 0. The van der Waals surface area contributed by atoms with Crippen LogP contribution < -0.4 is 0 Å². The van der Waals surface area contributed by atoms with Gasteiger partial charge in [0.15, 0.2) is 0 Å². The third-order valence-corrected chi connectivity index (χ3v) is 12.8. The van der Waals surface area contributed by atoms with Gasteiger partial charge in [0.2, 0.25) is 0 Å². The topological polar surface area (TPSA) is 35.6 Å². The van der Waals surface area contributed by atoms with Crippen LogP contribution in [-0.2, 0) is 6.18 Å². The molecule has 0 aliphatic heterocycles. The molecule has 4 nitrogen and oxygen atoms in total. The Morgan fingerprint density at radius 3 is 1.29 bits per heavy atom. The minimum absolute atomic E-state index is 0.0418. The summed E-state index contributed by atoms with van der Waals surface area (Å²) in [5.41, 5.74) is 6.77. The van der Waals surface area contributed by atoms with Gasteiger partial charge in [0.1, 0.15) is 11.6 Å². The first-order valence-corrected chi connectivity index (χ1v) is 22.0. The molecule has 0 saturated heterocycles. The van der Waals surface area contributed by atoms with E-state index in [2.05, 4.69) is 9.97 Å². The van der Waals surface area contributed by atoms with Crippen molar-refractivity contribution in [1.29, 1.82) is 0 Å². The molecule has 68 heavy (non-hydrogen) atoms. The summed E-state index contributed by atoms with van der Waals surface area (Å²) in [7, 11) is 0. The lowest BCUT2D eigenvalue weighted by Crippen LogP contribution is -2.13. The van der Waals surface area contributed by atoms with Crippen LogP contribution in [0, 0.1) is 11.6 Å². The molecule has 0 N–H and O–H groups in total. The van der Waals surface area contributed by atoms with E-state index in [-0.39, 0.29) is 16.9 Å². The molecular weight excluding hydrogens is 860 g/mol. The normalized spacial score (nSPS) is 11.9. The van der Waals surface area contributed by atoms with Gasteiger partial charge in [-0.2, -0.15) is 13.2 Å². The molecule has 0 saturated carbocycles. The fourth-order valence-corrected chi connectivity index (χ4v) is 9.70. The first-order valence-electron chi connectivity index (χ1n) is 22.0. The minimum atomic E-state index is -4.93. The SMILES string of the molecule is Fc1cccc(F)c1-c1cc(-n2c3ccccc3c3ccc(-c4ccnc(-c5ccccc5)c4)cc32)c(C(F)(F)F)cc1-n1c2ccccc2c2ccc(-c3ccnc(-c4ccccc4)c3)cc21. The number of halogens is 5. The maximum Gasteiger partial charge on any atom is 0.418 e. The molecule has 4 aromatic heterocycles. The largest absolute Gasteiger partial charge is 0.418 e. The minimum Gasteiger partial charge on any atom is -0.309 e. The monoisotopic (exact) mass is 894 g/mol. The van der Waals surface area contributed by atoms with Gasteiger partial charge in [-0.05, 0) is 95.1 Å². The number of fused-ring (bicyclic) bond motifs is 6. The summed E-state index contributed by atoms with van der Waals surface area (Å²) in [6.45, 7) is 0. The third kappa shape index (κ3) is 6.81. The van der Waals surface area contributed by atoms with Gasteiger partial charge >= 0.3 is 6.18 Å². The van der Waals surface area contributed by atoms with Gasteiger partial charge < -0.3 is 9.13 Å². The Bertz CT molecular complexity index is 3910. The van der Waals surface area contributed by atoms with E-state index in [9.17, 15) is 0 Å². The molecule has 9 heteroatoms. The Morgan fingerprint density at radius 1 is 0.353 bits per heavy atom. The maximum atomic E-state index is 16.5. The van der Waals surface area contributed by atoms with Gasteiger partial charge in [-0.1, -0.05) is 127 Å². The molecule has 0 spiro atoms. The summed E-state index contributed by atoms with van der Waals surface area (Å²) < 4.78 is 84.8. The van der Waals surface area contributed by atoms with Gasteiger partial charge in [-0.25, -0.2) is 8.78 Å². The molecule has 0 bridgehead atoms. The van der Waals surface area contributed by atoms with Crippen LogP contribution in [0.3, 0.4) is 0 Å². The number of benzene rings is 8. The summed E-state index contributed by atoms with van der Waals surface area (Å²) in [4.78, 5) is 9.20. The summed E-state index contributed by atoms with van der Waals surface area (Å²) in [5, 5.41) is 2.93. The first-order chi connectivity index (χ1) is 33.2. The van der Waals surface area contributed by atoms with E-state index in [0.717, 1.165) is 73.7 Å². The number of pyridine rings is 2. The number of aromatic nitrogens is 4. The molecule has 12 aromatic rings. The molecule has 0 amide bonds. The summed E-state index contributed by atoms with van der Waals surface area (Å²) in [6.07, 6.45) is -1.50. The molecule has 0 fully saturated rings. The van der Waals surface area contributed by atoms with Crippen molar-refractivity contribution >= 4 is 43.6 Å². The Labute approximate surface area is 386 Å². The number of para-hydroxylation sites is 2. The van der Waals surface area contributed by atoms with Gasteiger partial charge in [0, 0.05) is 50.6 Å². The van der Waals surface area contributed by atoms with Crippen LogP contribution in [0.1, 0.15) is 5.56 Å². The second kappa shape index (κ2) is 16.0. The molecule has 0 radical (unpaired) electrons. The number of alkyl halides is 3. The van der Waals surface area contributed by atoms with Crippen molar-refractivity contribution in [2.24, 2.45) is 0 Å². The van der Waals surface area contributed by atoms with Gasteiger partial charge in [-0.15, -0.1) is 0 Å². The van der Waals surface area contributed by atoms with E-state index >= 15 is 22.0 Å². The van der Waals surface area contributed by atoms with E-state index in [4.69, 9.17) is 0 Å². The molecular formula is C59H35F5N4. The smallest absolute Gasteiger partial charge is 0.309 e. The van der Waals surface area contributed by atoms with Crippen molar-refractivity contribution in [2.45, 2.75) is 6.18 Å². The second-order valence-electron chi connectivity index (χ2n) is 16.7. The Hall–Kier alpha value is -8.69. The second-order valence-corrected chi connectivity index (χ2v) is 16.7. The van der Waals surface area contributed by atoms with Crippen molar-refractivity contribution in [3.05, 3.63) is 230 Å². The highest BCUT2D eigenvalue weighted by Gasteiger charge is 2.37. The Morgan fingerprint density at radius 2 is 0.794 bits per heavy atom. The van der Waals surface area contributed by atoms with Gasteiger partial charge in [0.05, 0.1) is 56.0 Å². The summed E-state index contributed by atoms with van der Waals surface area (Å²) >= 11 is 0. The van der Waals surface area contributed by atoms with Crippen LogP contribution in [0.4, 0.5) is 22.0 Å². The average molecular weight is 895 g/mol. The van der Waals surface area contributed by atoms with Crippen LogP contribution in [0.5, 0.6) is 0 Å². The third-order valence-electron chi connectivity index (χ3n) is 12.8. The van der Waals surface area contributed by atoms with Crippen molar-refractivity contribution in [3.8, 4) is 67.3 Å². The fraction of sp³-hybridized carbons (Fsp3) is 0.0169. The lowest BCUT2D eigenvalue weighted by Gasteiger charge is -2.22. The number of rotatable bonds is 7. The van der Waals surface area contributed by atoms with E-state index in [1.807, 2.05) is 152 Å². The number of hydrogen-bond acceptors (Lipinski definition) is 2. The molecule has 0 aliphatic carbocycles. The standard InChI is InChI=1S/C59H35F5N4/c60-48-18-11-19-49(61)58(48)46-34-57(68-53-21-10-8-17-43(53)45-25-23-39(33-55(45)68)41-27-29-66-51(31-41)37-14-5-2-6-15-37)47(59(62,63)64)35-56(46)67-52-20-9-7-16-42(52)44-24-22-38(32-54(44)67)40-26-28-65-50(30-40)36-12-3-1-4-13-36/h1-35H. The first kappa shape index (κ1) is 40.8. The lowest BCUT2D eigenvalue weighted by molar-refractivity contribution is -0.137. The predicted octanol–water partition coefficient (Wildman–Crippen LogP) is 16.3. The van der Waals surface area contributed by atoms with E-state index in [1.165, 1.54) is 12.1 Å². The molecule has 0 unspecified atom stereocenters. The summed E-state index contributed by atoms with van der Waals surface area (Å²) in [5.74, 6) is -1.83. The van der Waals surface area contributed by atoms with E-state index in [0.29, 0.717) is 32.8 Å². The zero-order chi connectivity index (χ0) is 46.1. The highest BCUT2D eigenvalue weighted by Crippen LogP contribution is 2.46. The van der Waals surface area contributed by atoms with Crippen LogP contribution >= 0.6 is 0 Å². The zero-order valence-electron chi connectivity index (χ0n) is 35.9. The van der Waals surface area contributed by atoms with Crippen molar-refractivity contribution < 1.29 is 22.0 Å². The van der Waals surface area contributed by atoms with Crippen LogP contribution in [-0.4, -0.2) is 19.1 Å². The van der Waals surface area contributed by atoms with Crippen LogP contribution in [0.2, 0.25) is 0 Å². The quantitative estimate of drug-likeness (QED) is 0.149. The zero-order valence-corrected chi connectivity index (χ0v) is 35.9. The average Bonchev–Trinajstić information content (AvgIpc) is 3.88. The van der Waals surface area contributed by atoms with Gasteiger partial charge in [-0.3, -0.25) is 9.97 Å². The maximum absolute atomic E-state index is 16.5. The van der Waals surface area contributed by atoms with Crippen LogP contribution in [0.25, 0.3) is 111 Å². The van der Waals surface area contributed by atoms with Crippen molar-refractivity contribution in [3.63, 3.8) is 0 Å². The van der Waals surface area contributed by atoms with Crippen LogP contribution in [0.15, 0.2) is 213 Å². The van der Waals surface area contributed by atoms with E-state index < -0.39 is 28.9 Å². The summed E-state index contributed by atoms with van der Waals surface area (Å²) in [6, 6.07) is 59.2.